The van der Waals surface area contributed by atoms with Gasteiger partial charge in [0, 0.05) is 10.6 Å². The van der Waals surface area contributed by atoms with Gasteiger partial charge in [0.05, 0.1) is 24.2 Å². The standard InChI is InChI=1S/C23H18ClN3O4/c1-30-21-12-15(10-11-20(21)31-14-16-6-2-4-8-18(16)24)13-25-27-22(28)17-7-3-5-9-19(17)26-23(27)29/h2-13H,14H2,1H3,(H,26,29). The predicted octanol–water partition coefficient (Wildman–Crippen LogP) is 3.81. The molecule has 3 aromatic carbocycles. The molecular formula is C23H18ClN3O4. The van der Waals surface area contributed by atoms with Crippen LogP contribution in [0.1, 0.15) is 11.1 Å². The van der Waals surface area contributed by atoms with Crippen molar-refractivity contribution in [2.45, 2.75) is 6.61 Å². The van der Waals surface area contributed by atoms with E-state index in [-0.39, 0.29) is 6.61 Å². The average molecular weight is 436 g/mol. The molecule has 4 aromatic rings. The minimum atomic E-state index is -0.619. The van der Waals surface area contributed by atoms with Crippen LogP contribution in [0.5, 0.6) is 11.5 Å². The summed E-state index contributed by atoms with van der Waals surface area (Å²) >= 11 is 6.17. The molecule has 1 aromatic heterocycles. The lowest BCUT2D eigenvalue weighted by Crippen LogP contribution is -2.32. The number of hydrogen-bond acceptors (Lipinski definition) is 5. The number of aromatic nitrogens is 2. The Kier molecular flexibility index (Phi) is 5.86. The van der Waals surface area contributed by atoms with Crippen molar-refractivity contribution in [1.82, 2.24) is 9.66 Å². The third-order valence-electron chi connectivity index (χ3n) is 4.63. The first kappa shape index (κ1) is 20.4. The van der Waals surface area contributed by atoms with Crippen LogP contribution in [0.25, 0.3) is 10.9 Å². The molecule has 0 aliphatic carbocycles. The van der Waals surface area contributed by atoms with Crippen molar-refractivity contribution in [3.63, 3.8) is 0 Å². The van der Waals surface area contributed by atoms with Crippen LogP contribution < -0.4 is 20.7 Å². The zero-order valence-electron chi connectivity index (χ0n) is 16.5. The maximum absolute atomic E-state index is 12.6. The molecule has 7 nitrogen and oxygen atoms in total. The van der Waals surface area contributed by atoms with E-state index in [1.165, 1.54) is 13.3 Å². The highest BCUT2D eigenvalue weighted by Gasteiger charge is 2.08. The number of ether oxygens (including phenoxy) is 2. The Morgan fingerprint density at radius 3 is 2.61 bits per heavy atom. The number of fused-ring (bicyclic) bond motifs is 1. The number of para-hydroxylation sites is 1. The second-order valence-electron chi connectivity index (χ2n) is 6.63. The summed E-state index contributed by atoms with van der Waals surface area (Å²) < 4.78 is 12.0. The van der Waals surface area contributed by atoms with Crippen LogP contribution in [-0.4, -0.2) is 23.0 Å². The molecule has 0 aliphatic heterocycles. The molecule has 156 valence electrons. The van der Waals surface area contributed by atoms with E-state index in [0.29, 0.717) is 33.0 Å². The lowest BCUT2D eigenvalue weighted by Gasteiger charge is -2.12. The minimum Gasteiger partial charge on any atom is -0.493 e. The van der Waals surface area contributed by atoms with Gasteiger partial charge in [-0.15, -0.1) is 4.68 Å². The van der Waals surface area contributed by atoms with E-state index in [1.807, 2.05) is 18.2 Å². The van der Waals surface area contributed by atoms with Gasteiger partial charge < -0.3 is 14.5 Å². The van der Waals surface area contributed by atoms with Crippen molar-refractivity contribution in [3.8, 4) is 11.5 Å². The van der Waals surface area contributed by atoms with Gasteiger partial charge in [0.25, 0.3) is 5.56 Å². The molecule has 0 unspecified atom stereocenters. The van der Waals surface area contributed by atoms with Gasteiger partial charge in [0.15, 0.2) is 11.5 Å². The van der Waals surface area contributed by atoms with Crippen LogP contribution in [0.2, 0.25) is 5.02 Å². The summed E-state index contributed by atoms with van der Waals surface area (Å²) in [6.45, 7) is 0.283. The van der Waals surface area contributed by atoms with Gasteiger partial charge in [-0.3, -0.25) is 4.79 Å². The fourth-order valence-corrected chi connectivity index (χ4v) is 3.23. The maximum Gasteiger partial charge on any atom is 0.349 e. The molecule has 0 atom stereocenters. The molecule has 1 heterocycles. The number of nitrogens with zero attached hydrogens (tertiary/aromatic N) is 2. The highest BCUT2D eigenvalue weighted by Crippen LogP contribution is 2.29. The molecule has 1 N–H and O–H groups in total. The Morgan fingerprint density at radius 1 is 1.03 bits per heavy atom. The lowest BCUT2D eigenvalue weighted by atomic mass is 10.2. The first-order valence-electron chi connectivity index (χ1n) is 9.39. The summed E-state index contributed by atoms with van der Waals surface area (Å²) in [4.78, 5) is 27.4. The molecule has 8 heteroatoms. The Labute approximate surface area is 182 Å². The van der Waals surface area contributed by atoms with Gasteiger partial charge in [0.1, 0.15) is 6.61 Å². The van der Waals surface area contributed by atoms with Gasteiger partial charge in [0.2, 0.25) is 0 Å². The third-order valence-corrected chi connectivity index (χ3v) is 5.00. The molecule has 0 bridgehead atoms. The molecule has 0 saturated heterocycles. The SMILES string of the molecule is COc1cc(C=Nn2c(=O)[nH]c3ccccc3c2=O)ccc1OCc1ccccc1Cl. The molecule has 31 heavy (non-hydrogen) atoms. The summed E-state index contributed by atoms with van der Waals surface area (Å²) in [6, 6.07) is 19.4. The van der Waals surface area contributed by atoms with Crippen LogP contribution in [0, 0.1) is 0 Å². The first-order chi connectivity index (χ1) is 15.1. The van der Waals surface area contributed by atoms with Crippen molar-refractivity contribution >= 4 is 28.7 Å². The van der Waals surface area contributed by atoms with Gasteiger partial charge in [-0.2, -0.15) is 5.10 Å². The van der Waals surface area contributed by atoms with Crippen LogP contribution in [0.4, 0.5) is 0 Å². The number of benzene rings is 3. The second-order valence-corrected chi connectivity index (χ2v) is 7.03. The van der Waals surface area contributed by atoms with Crippen molar-refractivity contribution in [1.29, 1.82) is 0 Å². The predicted molar refractivity (Wildman–Crippen MR) is 121 cm³/mol. The largest absolute Gasteiger partial charge is 0.493 e. The highest BCUT2D eigenvalue weighted by molar-refractivity contribution is 6.31. The molecule has 0 spiro atoms. The van der Waals surface area contributed by atoms with Crippen molar-refractivity contribution in [3.05, 3.63) is 104 Å². The number of halogens is 1. The molecule has 4 rings (SSSR count). The van der Waals surface area contributed by atoms with Gasteiger partial charge in [-0.1, -0.05) is 41.9 Å². The zero-order chi connectivity index (χ0) is 21.8. The number of hydrogen-bond donors (Lipinski definition) is 1. The second kappa shape index (κ2) is 8.89. The molecule has 0 saturated carbocycles. The maximum atomic E-state index is 12.6. The van der Waals surface area contributed by atoms with Gasteiger partial charge in [-0.05, 0) is 42.0 Å². The summed E-state index contributed by atoms with van der Waals surface area (Å²) in [6.07, 6.45) is 1.41. The monoisotopic (exact) mass is 435 g/mol. The van der Waals surface area contributed by atoms with E-state index in [4.69, 9.17) is 21.1 Å². The van der Waals surface area contributed by atoms with Crippen LogP contribution >= 0.6 is 11.6 Å². The van der Waals surface area contributed by atoms with Crippen LogP contribution in [0.15, 0.2) is 81.4 Å². The third kappa shape index (κ3) is 4.36. The summed E-state index contributed by atoms with van der Waals surface area (Å²) in [5, 5.41) is 5.05. The smallest absolute Gasteiger partial charge is 0.349 e. The Balaban J connectivity index is 1.59. The molecule has 0 fully saturated rings. The van der Waals surface area contributed by atoms with Crippen molar-refractivity contribution in [2.24, 2.45) is 5.10 Å². The number of rotatable bonds is 6. The lowest BCUT2D eigenvalue weighted by molar-refractivity contribution is 0.284. The van der Waals surface area contributed by atoms with E-state index in [1.54, 1.807) is 48.5 Å². The zero-order valence-corrected chi connectivity index (χ0v) is 17.3. The molecular weight excluding hydrogens is 418 g/mol. The highest BCUT2D eigenvalue weighted by atomic mass is 35.5. The molecule has 0 radical (unpaired) electrons. The summed E-state index contributed by atoms with van der Waals surface area (Å²) in [5.74, 6) is 1.01. The minimum absolute atomic E-state index is 0.283. The van der Waals surface area contributed by atoms with Gasteiger partial charge in [-0.25, -0.2) is 4.79 Å². The van der Waals surface area contributed by atoms with E-state index in [2.05, 4.69) is 10.1 Å². The fourth-order valence-electron chi connectivity index (χ4n) is 3.04. The van der Waals surface area contributed by atoms with Crippen LogP contribution in [0.3, 0.4) is 0 Å². The van der Waals surface area contributed by atoms with Crippen molar-refractivity contribution < 1.29 is 9.47 Å². The Hall–Kier alpha value is -3.84. The summed E-state index contributed by atoms with van der Waals surface area (Å²) in [7, 11) is 1.52. The fraction of sp³-hybridized carbons (Fsp3) is 0.0870. The summed E-state index contributed by atoms with van der Waals surface area (Å²) in [5.41, 5.74) is 0.827. The van der Waals surface area contributed by atoms with E-state index in [0.717, 1.165) is 10.2 Å². The first-order valence-corrected chi connectivity index (χ1v) is 9.77. The van der Waals surface area contributed by atoms with E-state index in [9.17, 15) is 9.59 Å². The number of aromatic amines is 1. The Bertz CT molecular complexity index is 1390. The van der Waals surface area contributed by atoms with Crippen molar-refractivity contribution in [2.75, 3.05) is 7.11 Å². The van der Waals surface area contributed by atoms with E-state index < -0.39 is 11.2 Å². The average Bonchev–Trinajstić information content (AvgIpc) is 2.78. The number of nitrogens with one attached hydrogen (secondary N) is 1. The molecule has 0 amide bonds. The number of H-pyrrole nitrogens is 1. The number of methoxy groups -OCH3 is 1. The Morgan fingerprint density at radius 2 is 1.81 bits per heavy atom. The van der Waals surface area contributed by atoms with Gasteiger partial charge >= 0.3 is 5.69 Å². The van der Waals surface area contributed by atoms with Crippen LogP contribution in [-0.2, 0) is 6.61 Å². The van der Waals surface area contributed by atoms with E-state index >= 15 is 0 Å². The molecule has 0 aliphatic rings. The topological polar surface area (TPSA) is 85.7 Å². The normalized spacial score (nSPS) is 11.2. The quantitative estimate of drug-likeness (QED) is 0.466.